The Morgan fingerprint density at radius 3 is 2.53 bits per heavy atom. The van der Waals surface area contributed by atoms with E-state index in [1.807, 2.05) is 19.1 Å². The molecule has 8 rings (SSSR count). The van der Waals surface area contributed by atoms with Crippen LogP contribution in [0, 0.1) is 30.9 Å². The van der Waals surface area contributed by atoms with E-state index in [-0.39, 0.29) is 22.3 Å². The number of pyridine rings is 1. The zero-order chi connectivity index (χ0) is 32.4. The maximum absolute atomic E-state index is 17.1. The van der Waals surface area contributed by atoms with Crippen molar-refractivity contribution in [2.45, 2.75) is 89.3 Å². The fourth-order valence-electron chi connectivity index (χ4n) is 9.30. The van der Waals surface area contributed by atoms with Gasteiger partial charge in [0.1, 0.15) is 28.7 Å². The summed E-state index contributed by atoms with van der Waals surface area (Å²) in [5, 5.41) is 1.85. The maximum atomic E-state index is 17.1. The number of halogens is 2. The van der Waals surface area contributed by atoms with Crippen LogP contribution in [0.2, 0.25) is 0 Å². The van der Waals surface area contributed by atoms with E-state index in [0.29, 0.717) is 40.7 Å². The zero-order valence-electron chi connectivity index (χ0n) is 27.5. The lowest BCUT2D eigenvalue weighted by atomic mass is 9.88. The van der Waals surface area contributed by atoms with E-state index in [4.69, 9.17) is 21.4 Å². The van der Waals surface area contributed by atoms with E-state index in [1.54, 1.807) is 12.3 Å². The molecule has 2 unspecified atom stereocenters. The first-order valence-electron chi connectivity index (χ1n) is 17.3. The second-order valence-corrected chi connectivity index (χ2v) is 14.2. The Kier molecular flexibility index (Phi) is 7.44. The molecule has 47 heavy (non-hydrogen) atoms. The van der Waals surface area contributed by atoms with Gasteiger partial charge in [-0.05, 0) is 94.5 Å². The normalized spacial score (nSPS) is 21.9. The number of rotatable bonds is 7. The highest BCUT2D eigenvalue weighted by Crippen LogP contribution is 2.43. The molecule has 0 N–H and O–H groups in total. The van der Waals surface area contributed by atoms with Gasteiger partial charge in [0.15, 0.2) is 5.82 Å². The SMILES string of the molecule is C#Cc1c(F)ccc2cc(C)cc(-c3ncc4c(N5CC6CCC(C5)N6C(=C)CC)nc(CCC56CCCN5CCC6)nc4c3F)c12. The fourth-order valence-corrected chi connectivity index (χ4v) is 9.30. The van der Waals surface area contributed by atoms with Gasteiger partial charge in [-0.25, -0.2) is 18.7 Å². The second kappa shape index (κ2) is 11.6. The summed E-state index contributed by atoms with van der Waals surface area (Å²) in [6, 6.07) is 7.55. The van der Waals surface area contributed by atoms with Gasteiger partial charge in [0.05, 0.1) is 10.9 Å². The maximum Gasteiger partial charge on any atom is 0.175 e. The molecule has 4 fully saturated rings. The van der Waals surface area contributed by atoms with Crippen LogP contribution >= 0.6 is 0 Å². The molecule has 0 amide bonds. The third kappa shape index (κ3) is 4.88. The average Bonchev–Trinajstić information content (AvgIpc) is 3.73. The van der Waals surface area contributed by atoms with Crippen molar-refractivity contribution in [2.24, 2.45) is 0 Å². The smallest absolute Gasteiger partial charge is 0.175 e. The molecule has 4 aliphatic rings. The Hall–Kier alpha value is -4.09. The van der Waals surface area contributed by atoms with Crippen LogP contribution in [-0.2, 0) is 6.42 Å². The summed E-state index contributed by atoms with van der Waals surface area (Å²) in [7, 11) is 0. The van der Waals surface area contributed by atoms with Crippen LogP contribution in [0.1, 0.15) is 75.2 Å². The fraction of sp³-hybridized carbons (Fsp3) is 0.462. The van der Waals surface area contributed by atoms with Crippen molar-refractivity contribution in [2.75, 3.05) is 31.1 Å². The lowest BCUT2D eigenvalue weighted by Crippen LogP contribution is -2.53. The summed E-state index contributed by atoms with van der Waals surface area (Å²) in [5.74, 6) is 2.91. The molecule has 2 bridgehead atoms. The molecular weight excluding hydrogens is 590 g/mol. The monoisotopic (exact) mass is 632 g/mol. The summed E-state index contributed by atoms with van der Waals surface area (Å²) in [4.78, 5) is 22.4. The molecule has 0 radical (unpaired) electrons. The quantitative estimate of drug-likeness (QED) is 0.196. The molecule has 2 aromatic carbocycles. The number of nitrogens with zero attached hydrogens (tertiary/aromatic N) is 6. The number of hydrogen-bond acceptors (Lipinski definition) is 6. The number of hydrogen-bond donors (Lipinski definition) is 0. The van der Waals surface area contributed by atoms with Gasteiger partial charge in [0, 0.05) is 60.0 Å². The number of anilines is 1. The first kappa shape index (κ1) is 30.3. The van der Waals surface area contributed by atoms with Crippen molar-refractivity contribution in [3.63, 3.8) is 0 Å². The number of fused-ring (bicyclic) bond motifs is 5. The molecule has 0 spiro atoms. The Morgan fingerprint density at radius 1 is 1.09 bits per heavy atom. The molecule has 2 atom stereocenters. The Bertz CT molecular complexity index is 1940. The summed E-state index contributed by atoms with van der Waals surface area (Å²) in [5.41, 5.74) is 3.29. The number of aryl methyl sites for hydroxylation is 2. The number of piperazine rings is 1. The van der Waals surface area contributed by atoms with Crippen molar-refractivity contribution in [1.82, 2.24) is 24.8 Å². The molecule has 4 saturated heterocycles. The summed E-state index contributed by atoms with van der Waals surface area (Å²) in [6.07, 6.45) is 17.2. The van der Waals surface area contributed by atoms with Crippen molar-refractivity contribution >= 4 is 27.5 Å². The Balaban J connectivity index is 1.26. The second-order valence-electron chi connectivity index (χ2n) is 14.2. The van der Waals surface area contributed by atoms with Crippen LogP contribution in [0.3, 0.4) is 0 Å². The minimum Gasteiger partial charge on any atom is -0.366 e. The van der Waals surface area contributed by atoms with Gasteiger partial charge in [0.25, 0.3) is 0 Å². The van der Waals surface area contributed by atoms with Crippen molar-refractivity contribution in [3.05, 3.63) is 71.3 Å². The van der Waals surface area contributed by atoms with Crippen molar-refractivity contribution < 1.29 is 8.78 Å². The highest BCUT2D eigenvalue weighted by molar-refractivity contribution is 6.02. The van der Waals surface area contributed by atoms with Gasteiger partial charge in [0.2, 0.25) is 0 Å². The molecule has 6 nitrogen and oxygen atoms in total. The number of terminal acetylenes is 1. The topological polar surface area (TPSA) is 48.4 Å². The first-order chi connectivity index (χ1) is 22.8. The van der Waals surface area contributed by atoms with E-state index in [9.17, 15) is 4.39 Å². The van der Waals surface area contributed by atoms with Gasteiger partial charge < -0.3 is 9.80 Å². The molecule has 8 heteroatoms. The third-order valence-electron chi connectivity index (χ3n) is 11.5. The summed E-state index contributed by atoms with van der Waals surface area (Å²) in [6.45, 7) is 12.4. The highest BCUT2D eigenvalue weighted by atomic mass is 19.1. The van der Waals surface area contributed by atoms with E-state index < -0.39 is 11.6 Å². The van der Waals surface area contributed by atoms with Gasteiger partial charge in [-0.3, -0.25) is 9.88 Å². The van der Waals surface area contributed by atoms with E-state index >= 15 is 4.39 Å². The first-order valence-corrected chi connectivity index (χ1v) is 17.3. The molecule has 0 saturated carbocycles. The number of allylic oxidation sites excluding steroid dienone is 1. The summed E-state index contributed by atoms with van der Waals surface area (Å²) < 4.78 is 32.0. The van der Waals surface area contributed by atoms with Crippen molar-refractivity contribution in [3.8, 4) is 23.6 Å². The standard InChI is InChI=1S/C39H42F2N6/c1-5-25(4)47-27-10-11-28(47)23-45(22-27)38-31-21-42-36(30-20-24(3)19-26-9-12-32(40)29(6-2)34(26)30)35(41)37(31)43-33(44-38)13-16-39-14-7-17-46(39)18-8-15-39/h2,9,12,19-21,27-28H,4-5,7-8,10-11,13-18,22-23H2,1,3H3. The van der Waals surface area contributed by atoms with Gasteiger partial charge in [-0.2, -0.15) is 0 Å². The van der Waals surface area contributed by atoms with Crippen LogP contribution in [0.25, 0.3) is 32.9 Å². The van der Waals surface area contributed by atoms with Crippen LogP contribution in [0.5, 0.6) is 0 Å². The predicted octanol–water partition coefficient (Wildman–Crippen LogP) is 7.55. The number of aromatic nitrogens is 3. The van der Waals surface area contributed by atoms with Crippen LogP contribution < -0.4 is 4.90 Å². The Labute approximate surface area is 275 Å². The zero-order valence-corrected chi connectivity index (χ0v) is 27.5. The molecule has 4 aromatic rings. The molecule has 4 aliphatic heterocycles. The van der Waals surface area contributed by atoms with Gasteiger partial charge in [-0.15, -0.1) is 6.42 Å². The molecule has 2 aromatic heterocycles. The van der Waals surface area contributed by atoms with E-state index in [2.05, 4.69) is 34.1 Å². The molecule has 242 valence electrons. The Morgan fingerprint density at radius 2 is 1.83 bits per heavy atom. The van der Waals surface area contributed by atoms with Crippen LogP contribution in [0.15, 0.2) is 42.7 Å². The van der Waals surface area contributed by atoms with E-state index in [0.717, 1.165) is 68.6 Å². The van der Waals surface area contributed by atoms with Gasteiger partial charge >= 0.3 is 0 Å². The van der Waals surface area contributed by atoms with E-state index in [1.165, 1.54) is 37.4 Å². The highest BCUT2D eigenvalue weighted by Gasteiger charge is 2.44. The molecular formula is C39H42F2N6. The average molecular weight is 633 g/mol. The lowest BCUT2D eigenvalue weighted by Gasteiger charge is -2.44. The largest absolute Gasteiger partial charge is 0.366 e. The number of benzene rings is 2. The van der Waals surface area contributed by atoms with Crippen LogP contribution in [0.4, 0.5) is 14.6 Å². The molecule has 6 heterocycles. The third-order valence-corrected chi connectivity index (χ3v) is 11.5. The van der Waals surface area contributed by atoms with Crippen molar-refractivity contribution in [1.29, 1.82) is 0 Å². The lowest BCUT2D eigenvalue weighted by molar-refractivity contribution is 0.181. The minimum absolute atomic E-state index is 0.113. The predicted molar refractivity (Wildman–Crippen MR) is 184 cm³/mol. The summed E-state index contributed by atoms with van der Waals surface area (Å²) >= 11 is 0. The molecule has 0 aliphatic carbocycles. The minimum atomic E-state index is -0.519. The van der Waals surface area contributed by atoms with Gasteiger partial charge in [-0.1, -0.05) is 31.6 Å². The van der Waals surface area contributed by atoms with Crippen LogP contribution in [-0.4, -0.2) is 68.6 Å².